The van der Waals surface area contributed by atoms with Crippen LogP contribution in [0.5, 0.6) is 0 Å². The first-order valence-corrected chi connectivity index (χ1v) is 29.2. The van der Waals surface area contributed by atoms with Gasteiger partial charge < -0.3 is 51.9 Å². The third kappa shape index (κ3) is 15.8. The Hall–Kier alpha value is -9.08. The molecule has 86 heavy (non-hydrogen) atoms. The second kappa shape index (κ2) is 29.1. The van der Waals surface area contributed by atoms with Crippen LogP contribution in [0.15, 0.2) is 122 Å². The summed E-state index contributed by atoms with van der Waals surface area (Å²) in [6, 6.07) is 23.0. The number of carbonyl (C=O) groups is 4. The van der Waals surface area contributed by atoms with Crippen LogP contribution in [-0.2, 0) is 104 Å². The van der Waals surface area contributed by atoms with Crippen LogP contribution in [0.2, 0.25) is 0 Å². The number of rotatable bonds is 26. The van der Waals surface area contributed by atoms with E-state index in [0.717, 1.165) is 72.2 Å². The highest BCUT2D eigenvalue weighted by Crippen LogP contribution is 2.38. The fraction of sp³-hybridized carbons (Fsp3) is 0.333. The number of allylic oxidation sites excluding steroid dienone is 2. The second-order valence-electron chi connectivity index (χ2n) is 21.6. The second-order valence-corrected chi connectivity index (χ2v) is 21.6. The molecule has 2 aliphatic rings. The number of aromatic nitrogens is 8. The fourth-order valence-electron chi connectivity index (χ4n) is 10.5. The average Bonchev–Trinajstić information content (AvgIpc) is 2.05. The fourth-order valence-corrected chi connectivity index (χ4v) is 10.5. The summed E-state index contributed by atoms with van der Waals surface area (Å²) < 4.78 is 31.3. The molecule has 9 heterocycles. The van der Waals surface area contributed by atoms with Crippen molar-refractivity contribution in [2.75, 3.05) is 26.2 Å². The first-order chi connectivity index (χ1) is 41.7. The molecular formula is C66H78N12O8+4. The minimum atomic E-state index is -0.451. The van der Waals surface area contributed by atoms with E-state index in [4.69, 9.17) is 51.9 Å². The minimum Gasteiger partial charge on any atom is -0.461 e. The van der Waals surface area contributed by atoms with Crippen molar-refractivity contribution < 1.29 is 56.4 Å². The predicted octanol–water partition coefficient (Wildman–Crippen LogP) is 5.40. The highest BCUT2D eigenvalue weighted by atomic mass is 16.5. The van der Waals surface area contributed by atoms with Gasteiger partial charge in [-0.3, -0.25) is 19.2 Å². The maximum atomic E-state index is 14.0. The van der Waals surface area contributed by atoms with Crippen molar-refractivity contribution in [1.29, 1.82) is 0 Å². The summed E-state index contributed by atoms with van der Waals surface area (Å²) in [6.45, 7) is 12.9. The van der Waals surface area contributed by atoms with Gasteiger partial charge in [0.05, 0.1) is 61.8 Å². The molecule has 0 aromatic carbocycles. The van der Waals surface area contributed by atoms with Crippen molar-refractivity contribution >= 4 is 68.2 Å². The topological polar surface area (TPSA) is 282 Å². The molecule has 0 saturated carbocycles. The van der Waals surface area contributed by atoms with Gasteiger partial charge in [-0.2, -0.15) is 0 Å². The van der Waals surface area contributed by atoms with E-state index in [-0.39, 0.29) is 64.0 Å². The van der Waals surface area contributed by atoms with E-state index in [0.29, 0.717) is 105 Å². The van der Waals surface area contributed by atoms with E-state index >= 15 is 0 Å². The Kier molecular flexibility index (Phi) is 20.8. The molecular weight excluding hydrogens is 1090 g/mol. The van der Waals surface area contributed by atoms with Crippen molar-refractivity contribution in [1.82, 2.24) is 19.9 Å². The van der Waals surface area contributed by atoms with Gasteiger partial charge in [0.15, 0.2) is 75.8 Å². The molecule has 0 aliphatic carbocycles. The van der Waals surface area contributed by atoms with Crippen molar-refractivity contribution in [3.05, 3.63) is 190 Å². The molecule has 9 rings (SSSR count). The van der Waals surface area contributed by atoms with Crippen molar-refractivity contribution in [2.45, 2.75) is 119 Å². The summed E-state index contributed by atoms with van der Waals surface area (Å²) in [4.78, 5) is 72.9. The van der Waals surface area contributed by atoms with Gasteiger partial charge >= 0.3 is 23.9 Å². The van der Waals surface area contributed by atoms with E-state index in [2.05, 4.69) is 9.97 Å². The number of nitrogens with two attached hydrogens (primary N) is 4. The Bertz CT molecular complexity index is 3830. The monoisotopic (exact) mass is 1170 g/mol. The molecule has 20 heteroatoms. The van der Waals surface area contributed by atoms with E-state index in [1.54, 1.807) is 0 Å². The summed E-state index contributed by atoms with van der Waals surface area (Å²) in [5, 5.41) is 0. The lowest BCUT2D eigenvalue weighted by Crippen LogP contribution is -2.36. The molecule has 446 valence electrons. The number of carbonyl (C=O) groups excluding carboxylic acids is 4. The number of H-pyrrole nitrogens is 2. The number of nitrogens with zero attached hydrogens (tertiary/aromatic N) is 6. The molecule has 10 N–H and O–H groups in total. The maximum Gasteiger partial charge on any atom is 0.310 e. The van der Waals surface area contributed by atoms with Crippen LogP contribution < -0.4 is 41.2 Å². The van der Waals surface area contributed by atoms with Crippen LogP contribution in [0.3, 0.4) is 0 Å². The lowest BCUT2D eigenvalue weighted by Gasteiger charge is -2.08. The lowest BCUT2D eigenvalue weighted by atomic mass is 10.00. The Morgan fingerprint density at radius 1 is 0.407 bits per heavy atom. The van der Waals surface area contributed by atoms with Crippen molar-refractivity contribution in [2.24, 2.45) is 22.9 Å². The number of esters is 4. The Balaban J connectivity index is 1.12. The van der Waals surface area contributed by atoms with Crippen LogP contribution >= 0.6 is 0 Å². The van der Waals surface area contributed by atoms with Crippen molar-refractivity contribution in [3.63, 3.8) is 0 Å². The zero-order valence-electron chi connectivity index (χ0n) is 49.5. The van der Waals surface area contributed by atoms with Crippen LogP contribution in [0.25, 0.3) is 44.4 Å². The van der Waals surface area contributed by atoms with Crippen LogP contribution in [0.1, 0.15) is 107 Å². The normalized spacial score (nSPS) is 12.2. The molecule has 0 unspecified atom stereocenters. The quantitative estimate of drug-likeness (QED) is 0.0225. The summed E-state index contributed by atoms with van der Waals surface area (Å²) in [5.74, 6) is -1.62. The summed E-state index contributed by atoms with van der Waals surface area (Å²) in [5.41, 5.74) is 37.7. The van der Waals surface area contributed by atoms with E-state index < -0.39 is 11.9 Å². The Labute approximate surface area is 500 Å². The highest BCUT2D eigenvalue weighted by Gasteiger charge is 2.26. The number of aromatic amines is 2. The SMILES string of the molecule is CC1=C(CC(=O)OCc2cc[n+](CCN)cc2)c2cc3nc(cc4[nH]c(cc5[nH]c(cc1n2)c(C)c5CCC(=O)OCc1cc[n+](CCN)cc1)c(CCC(=O)OCc1cc[n+](CCN)cc1)c4C)C(CC(=O)OCc1cc[n+](CCN)cc1)=C3C. The van der Waals surface area contributed by atoms with Gasteiger partial charge in [-0.1, -0.05) is 0 Å². The number of hydrogen-bond donors (Lipinski definition) is 6. The molecule has 0 atom stereocenters. The van der Waals surface area contributed by atoms with Gasteiger partial charge in [-0.25, -0.2) is 28.2 Å². The smallest absolute Gasteiger partial charge is 0.310 e. The summed E-state index contributed by atoms with van der Waals surface area (Å²) in [7, 11) is 0. The van der Waals surface area contributed by atoms with Crippen LogP contribution in [0, 0.1) is 13.8 Å². The molecule has 0 amide bonds. The summed E-state index contributed by atoms with van der Waals surface area (Å²) in [6.07, 6.45) is 15.9. The third-order valence-electron chi connectivity index (χ3n) is 15.6. The van der Waals surface area contributed by atoms with E-state index in [9.17, 15) is 19.2 Å². The van der Waals surface area contributed by atoms with Gasteiger partial charge in [0.1, 0.15) is 26.4 Å². The maximum absolute atomic E-state index is 14.0. The molecule has 0 radical (unpaired) electrons. The van der Waals surface area contributed by atoms with Gasteiger partial charge in [-0.15, -0.1) is 0 Å². The molecule has 7 aromatic rings. The zero-order valence-corrected chi connectivity index (χ0v) is 49.5. The highest BCUT2D eigenvalue weighted by molar-refractivity contribution is 6.01. The largest absolute Gasteiger partial charge is 0.461 e. The molecule has 0 fully saturated rings. The molecule has 0 spiro atoms. The molecule has 7 aromatic heterocycles. The van der Waals surface area contributed by atoms with E-state index in [1.807, 2.05) is 168 Å². The van der Waals surface area contributed by atoms with Gasteiger partial charge in [0, 0.05) is 106 Å². The number of aryl methyl sites for hydroxylation is 4. The number of fused-ring (bicyclic) bond motifs is 8. The Morgan fingerprint density at radius 3 is 1.05 bits per heavy atom. The molecule has 0 saturated heterocycles. The Morgan fingerprint density at radius 2 is 0.709 bits per heavy atom. The average molecular weight is 1170 g/mol. The standard InChI is InChI=1S/C66H78N12O8/c1-43-51(5-7-63(79)83-39-47-9-21-75(22-10-47)29-17-67)59-38-60-52(6-8-64(80)84-40-48-11-23-76(24-12-48)30-18-68)44(2)57(72-60)36-61-54(34-66(82)86-42-50-15-27-78(28-16-50)32-20-70)46(4)58(74-61)37-62-53(45(3)56(73-62)35-55(43)71-59)33-65(81)85-41-49-13-25-77(26-14-49)31-19-69/h9-16,21-28,35-38,71-72H,5-8,17-20,29-34,39-42,67-70H2,1-4H3/q+4. The van der Waals surface area contributed by atoms with Gasteiger partial charge in [-0.05, 0) is 109 Å². The van der Waals surface area contributed by atoms with Crippen LogP contribution in [-0.4, -0.2) is 70.0 Å². The number of ether oxygens (including phenoxy) is 4. The van der Waals surface area contributed by atoms with Crippen LogP contribution in [0.4, 0.5) is 0 Å². The number of nitrogens with one attached hydrogen (secondary N) is 2. The molecule has 2 aliphatic heterocycles. The number of hydrogen-bond acceptors (Lipinski definition) is 14. The third-order valence-corrected chi connectivity index (χ3v) is 15.6. The first kappa shape index (κ1) is 61.5. The van der Waals surface area contributed by atoms with Crippen molar-refractivity contribution in [3.8, 4) is 0 Å². The molecule has 20 nitrogen and oxygen atoms in total. The predicted molar refractivity (Wildman–Crippen MR) is 323 cm³/mol. The minimum absolute atomic E-state index is 0.0645. The van der Waals surface area contributed by atoms with E-state index in [1.165, 1.54) is 0 Å². The number of pyridine rings is 4. The summed E-state index contributed by atoms with van der Waals surface area (Å²) >= 11 is 0. The molecule has 8 bridgehead atoms. The van der Waals surface area contributed by atoms with Gasteiger partial charge in [0.2, 0.25) is 0 Å². The van der Waals surface area contributed by atoms with Gasteiger partial charge in [0.25, 0.3) is 0 Å². The first-order valence-electron chi connectivity index (χ1n) is 29.2. The zero-order chi connectivity index (χ0) is 60.7. The lowest BCUT2D eigenvalue weighted by molar-refractivity contribution is -0.694.